The molecule has 6 nitrogen and oxygen atoms in total. The van der Waals surface area contributed by atoms with Crippen LogP contribution in [0.5, 0.6) is 0 Å². The molecule has 65 heavy (non-hydrogen) atoms. The van der Waals surface area contributed by atoms with Gasteiger partial charge in [-0.3, -0.25) is 14.4 Å². The highest BCUT2D eigenvalue weighted by Crippen LogP contribution is 2.15. The first kappa shape index (κ1) is 61.6. The van der Waals surface area contributed by atoms with Crippen LogP contribution in [-0.2, 0) is 28.6 Å². The lowest BCUT2D eigenvalue weighted by molar-refractivity contribution is -0.167. The van der Waals surface area contributed by atoms with Crippen molar-refractivity contribution in [2.24, 2.45) is 0 Å². The molecular weight excluding hydrogens is 805 g/mol. The van der Waals surface area contributed by atoms with Gasteiger partial charge in [0.2, 0.25) is 0 Å². The summed E-state index contributed by atoms with van der Waals surface area (Å²) in [7, 11) is 0. The van der Waals surface area contributed by atoms with Crippen LogP contribution in [-0.4, -0.2) is 37.2 Å². The number of carbonyl (C=O) groups is 3. The summed E-state index contributed by atoms with van der Waals surface area (Å²) in [5.41, 5.74) is 0. The summed E-state index contributed by atoms with van der Waals surface area (Å²) in [6, 6.07) is 0. The average Bonchev–Trinajstić information content (AvgIpc) is 3.30. The predicted molar refractivity (Wildman–Crippen MR) is 279 cm³/mol. The Morgan fingerprint density at radius 3 is 1.02 bits per heavy atom. The monoisotopic (exact) mass is 905 g/mol. The Hall–Kier alpha value is -3.41. The van der Waals surface area contributed by atoms with Crippen LogP contribution in [0.25, 0.3) is 0 Å². The highest BCUT2D eigenvalue weighted by molar-refractivity contribution is 5.71. The second-order valence-electron chi connectivity index (χ2n) is 17.7. The van der Waals surface area contributed by atoms with Gasteiger partial charge >= 0.3 is 17.9 Å². The maximum atomic E-state index is 12.8. The highest BCUT2D eigenvalue weighted by atomic mass is 16.6. The van der Waals surface area contributed by atoms with Crippen LogP contribution in [0.1, 0.15) is 252 Å². The molecule has 0 heterocycles. The SMILES string of the molecule is CC/C=C\C/C=C\C/C=C\CCCCCCCCCCCC(=O)OCC(COC(=O)CCC/C=C\C/C=C\C/C=C\CC)OC(=O)CCCCCCCCC/C=C\CCCCCCCC. The van der Waals surface area contributed by atoms with Gasteiger partial charge in [-0.2, -0.15) is 0 Å². The fraction of sp³-hybridized carbons (Fsp3) is 0.712. The molecule has 0 spiro atoms. The van der Waals surface area contributed by atoms with Crippen molar-refractivity contribution in [3.8, 4) is 0 Å². The van der Waals surface area contributed by atoms with Crippen LogP contribution in [0.15, 0.2) is 85.1 Å². The molecule has 0 aliphatic carbocycles. The second kappa shape index (κ2) is 53.2. The van der Waals surface area contributed by atoms with E-state index in [0.29, 0.717) is 19.3 Å². The number of rotatable bonds is 48. The van der Waals surface area contributed by atoms with Gasteiger partial charge in [0.05, 0.1) is 0 Å². The van der Waals surface area contributed by atoms with E-state index in [1.165, 1.54) is 122 Å². The summed E-state index contributed by atoms with van der Waals surface area (Å²) in [6.45, 7) is 6.36. The third-order valence-electron chi connectivity index (χ3n) is 11.4. The van der Waals surface area contributed by atoms with Gasteiger partial charge in [0.15, 0.2) is 6.10 Å². The zero-order valence-corrected chi connectivity index (χ0v) is 42.5. The van der Waals surface area contributed by atoms with Crippen LogP contribution in [0.3, 0.4) is 0 Å². The maximum absolute atomic E-state index is 12.8. The third kappa shape index (κ3) is 51.4. The molecule has 0 fully saturated rings. The van der Waals surface area contributed by atoms with E-state index in [0.717, 1.165) is 83.5 Å². The summed E-state index contributed by atoms with van der Waals surface area (Å²) < 4.78 is 16.8. The minimum atomic E-state index is -0.801. The summed E-state index contributed by atoms with van der Waals surface area (Å²) in [5.74, 6) is -0.961. The minimum Gasteiger partial charge on any atom is -0.462 e. The quantitative estimate of drug-likeness (QED) is 0.0262. The highest BCUT2D eigenvalue weighted by Gasteiger charge is 2.19. The van der Waals surface area contributed by atoms with E-state index in [1.54, 1.807) is 0 Å². The molecule has 0 amide bonds. The van der Waals surface area contributed by atoms with Crippen LogP contribution >= 0.6 is 0 Å². The van der Waals surface area contributed by atoms with Crippen molar-refractivity contribution in [1.82, 2.24) is 0 Å². The van der Waals surface area contributed by atoms with Crippen molar-refractivity contribution in [2.75, 3.05) is 13.2 Å². The second-order valence-corrected chi connectivity index (χ2v) is 17.7. The van der Waals surface area contributed by atoms with Crippen LogP contribution in [0, 0.1) is 0 Å². The van der Waals surface area contributed by atoms with E-state index in [9.17, 15) is 14.4 Å². The lowest BCUT2D eigenvalue weighted by atomic mass is 10.1. The molecular formula is C59H100O6. The van der Waals surface area contributed by atoms with Gasteiger partial charge in [-0.05, 0) is 103 Å². The van der Waals surface area contributed by atoms with Gasteiger partial charge < -0.3 is 14.2 Å². The van der Waals surface area contributed by atoms with E-state index in [2.05, 4.69) is 106 Å². The van der Waals surface area contributed by atoms with Crippen molar-refractivity contribution >= 4 is 17.9 Å². The predicted octanol–water partition coefficient (Wildman–Crippen LogP) is 18.0. The summed E-state index contributed by atoms with van der Waals surface area (Å²) in [4.78, 5) is 38.0. The molecule has 372 valence electrons. The molecule has 0 radical (unpaired) electrons. The third-order valence-corrected chi connectivity index (χ3v) is 11.4. The molecule has 0 aromatic heterocycles. The fourth-order valence-corrected chi connectivity index (χ4v) is 7.36. The Labute approximate surface area is 401 Å². The molecule has 0 aliphatic rings. The van der Waals surface area contributed by atoms with Crippen LogP contribution in [0.4, 0.5) is 0 Å². The molecule has 0 saturated carbocycles. The lowest BCUT2D eigenvalue weighted by Crippen LogP contribution is -2.30. The Bertz CT molecular complexity index is 1270. The number of ether oxygens (including phenoxy) is 3. The molecule has 0 bridgehead atoms. The molecule has 0 saturated heterocycles. The van der Waals surface area contributed by atoms with E-state index < -0.39 is 6.10 Å². The van der Waals surface area contributed by atoms with Gasteiger partial charge in [-0.1, -0.05) is 215 Å². The Morgan fingerprint density at radius 1 is 0.323 bits per heavy atom. The normalized spacial score (nSPS) is 12.7. The van der Waals surface area contributed by atoms with Gasteiger partial charge in [-0.15, -0.1) is 0 Å². The maximum Gasteiger partial charge on any atom is 0.306 e. The average molecular weight is 905 g/mol. The van der Waals surface area contributed by atoms with Crippen molar-refractivity contribution in [2.45, 2.75) is 258 Å². The standard InChI is InChI=1S/C59H100O6/c1-4-7-10-13-16-19-22-24-26-28-29-31-32-34-37-40-43-46-49-52-58(61)64-55-56(54-63-57(60)51-48-45-42-39-36-21-18-15-12-9-6-3)65-59(62)53-50-47-44-41-38-35-33-30-27-25-23-20-17-14-11-8-5-2/h7,9-10,12,16,18-19,21,24-27,39,42,56H,4-6,8,11,13-15,17,20,22-23,28-38,40-41,43-55H2,1-3H3/b10-7-,12-9-,19-16-,21-18-,26-24-,27-25-,42-39-. The molecule has 1 unspecified atom stereocenters. The molecule has 0 aromatic rings. The Kier molecular flexibility index (Phi) is 50.4. The molecule has 0 N–H and O–H groups in total. The first-order valence-electron chi connectivity index (χ1n) is 27.1. The number of allylic oxidation sites excluding steroid dienone is 14. The van der Waals surface area contributed by atoms with E-state index in [4.69, 9.17) is 14.2 Å². The number of esters is 3. The molecule has 0 aliphatic heterocycles. The van der Waals surface area contributed by atoms with Gasteiger partial charge in [0.1, 0.15) is 13.2 Å². The number of hydrogen-bond acceptors (Lipinski definition) is 6. The van der Waals surface area contributed by atoms with Crippen molar-refractivity contribution in [1.29, 1.82) is 0 Å². The van der Waals surface area contributed by atoms with E-state index >= 15 is 0 Å². The Morgan fingerprint density at radius 2 is 0.615 bits per heavy atom. The van der Waals surface area contributed by atoms with Crippen molar-refractivity contribution in [3.63, 3.8) is 0 Å². The minimum absolute atomic E-state index is 0.0969. The molecule has 0 aromatic carbocycles. The first-order valence-corrected chi connectivity index (χ1v) is 27.1. The van der Waals surface area contributed by atoms with Crippen molar-refractivity contribution < 1.29 is 28.6 Å². The Balaban J connectivity index is 4.39. The van der Waals surface area contributed by atoms with E-state index in [-0.39, 0.29) is 37.5 Å². The van der Waals surface area contributed by atoms with Crippen LogP contribution < -0.4 is 0 Å². The topological polar surface area (TPSA) is 78.9 Å². The summed E-state index contributed by atoms with van der Waals surface area (Å²) >= 11 is 0. The van der Waals surface area contributed by atoms with Gasteiger partial charge in [0.25, 0.3) is 0 Å². The van der Waals surface area contributed by atoms with E-state index in [1.807, 2.05) is 0 Å². The smallest absolute Gasteiger partial charge is 0.306 e. The number of unbranched alkanes of at least 4 members (excludes halogenated alkanes) is 23. The zero-order valence-electron chi connectivity index (χ0n) is 42.5. The first-order chi connectivity index (χ1) is 32.0. The number of hydrogen-bond donors (Lipinski definition) is 0. The van der Waals surface area contributed by atoms with Crippen molar-refractivity contribution in [3.05, 3.63) is 85.1 Å². The van der Waals surface area contributed by atoms with Gasteiger partial charge in [-0.25, -0.2) is 0 Å². The largest absolute Gasteiger partial charge is 0.462 e. The van der Waals surface area contributed by atoms with Gasteiger partial charge in [0, 0.05) is 19.3 Å². The molecule has 0 rings (SSSR count). The lowest BCUT2D eigenvalue weighted by Gasteiger charge is -2.18. The van der Waals surface area contributed by atoms with Crippen LogP contribution in [0.2, 0.25) is 0 Å². The molecule has 6 heteroatoms. The summed E-state index contributed by atoms with van der Waals surface area (Å²) in [6.07, 6.45) is 68.7. The molecule has 1 atom stereocenters. The number of carbonyl (C=O) groups excluding carboxylic acids is 3. The summed E-state index contributed by atoms with van der Waals surface area (Å²) in [5, 5.41) is 0. The fourth-order valence-electron chi connectivity index (χ4n) is 7.36. The zero-order chi connectivity index (χ0) is 47.2.